The van der Waals surface area contributed by atoms with Gasteiger partial charge in [-0.05, 0) is 6.92 Å². The van der Waals surface area contributed by atoms with Crippen LogP contribution in [0.3, 0.4) is 0 Å². The molecule has 0 radical (unpaired) electrons. The lowest BCUT2D eigenvalue weighted by Crippen LogP contribution is -3.00. The summed E-state index contributed by atoms with van der Waals surface area (Å²) in [6.07, 6.45) is 5.21. The Morgan fingerprint density at radius 2 is 1.89 bits per heavy atom. The van der Waals surface area contributed by atoms with Crippen LogP contribution < -0.4 is 24.0 Å². The second kappa shape index (κ2) is 7.23. The minimum atomic E-state index is -0.0949. The van der Waals surface area contributed by atoms with Crippen LogP contribution in [0.25, 0.3) is 0 Å². The van der Waals surface area contributed by atoms with Crippen molar-refractivity contribution >= 4 is 0 Å². The molecule has 1 heterocycles. The monoisotopic (exact) mass is 369 g/mol. The average molecular weight is 369 g/mol. The number of hydrogen-bond donors (Lipinski definition) is 0. The number of ether oxygens (including phenoxy) is 3. The lowest BCUT2D eigenvalue weighted by Gasteiger charge is -2.30. The van der Waals surface area contributed by atoms with Crippen LogP contribution in [0.5, 0.6) is 0 Å². The minimum Gasteiger partial charge on any atom is -1.00 e. The standard InChI is InChI=1S/C13H24NO3.HI/c1-10(2)13-14(4,5)9-12(17-13)11(3)16-8-7-15-6;/h7-11,13H,1-6H3;1H/q+1;/p-1. The molecule has 0 saturated heterocycles. The van der Waals surface area contributed by atoms with E-state index in [4.69, 9.17) is 14.2 Å². The number of rotatable bonds is 5. The van der Waals surface area contributed by atoms with Crippen molar-refractivity contribution < 1.29 is 42.7 Å². The van der Waals surface area contributed by atoms with Gasteiger partial charge in [-0.2, -0.15) is 0 Å². The van der Waals surface area contributed by atoms with Crippen LogP contribution in [0.4, 0.5) is 0 Å². The highest BCUT2D eigenvalue weighted by molar-refractivity contribution is 5.00. The van der Waals surface area contributed by atoms with Gasteiger partial charge in [0.25, 0.3) is 0 Å². The van der Waals surface area contributed by atoms with E-state index in [1.165, 1.54) is 12.5 Å². The predicted octanol–water partition coefficient (Wildman–Crippen LogP) is -0.557. The fourth-order valence-electron chi connectivity index (χ4n) is 2.08. The van der Waals surface area contributed by atoms with Gasteiger partial charge >= 0.3 is 0 Å². The van der Waals surface area contributed by atoms with Gasteiger partial charge in [0, 0.05) is 5.92 Å². The van der Waals surface area contributed by atoms with E-state index in [1.807, 2.05) is 6.92 Å². The Morgan fingerprint density at radius 3 is 2.33 bits per heavy atom. The summed E-state index contributed by atoms with van der Waals surface area (Å²) >= 11 is 0. The van der Waals surface area contributed by atoms with Gasteiger partial charge in [-0.3, -0.25) is 4.48 Å². The number of halogens is 1. The number of nitrogens with zero attached hydrogens (tertiary/aromatic N) is 1. The molecular formula is C13H24INO3. The van der Waals surface area contributed by atoms with Crippen molar-refractivity contribution in [3.05, 3.63) is 24.5 Å². The molecule has 0 saturated carbocycles. The molecule has 0 bridgehead atoms. The third-order valence-electron chi connectivity index (χ3n) is 2.82. The highest BCUT2D eigenvalue weighted by Gasteiger charge is 2.40. The van der Waals surface area contributed by atoms with Gasteiger partial charge < -0.3 is 38.2 Å². The van der Waals surface area contributed by atoms with E-state index in [1.54, 1.807) is 7.11 Å². The van der Waals surface area contributed by atoms with Crippen LogP contribution in [0.2, 0.25) is 0 Å². The molecular weight excluding hydrogens is 345 g/mol. The van der Waals surface area contributed by atoms with Crippen molar-refractivity contribution in [2.75, 3.05) is 21.2 Å². The molecule has 0 N–H and O–H groups in total. The van der Waals surface area contributed by atoms with Crippen molar-refractivity contribution in [3.8, 4) is 0 Å². The molecule has 0 aromatic rings. The maximum atomic E-state index is 5.96. The van der Waals surface area contributed by atoms with Crippen molar-refractivity contribution in [3.63, 3.8) is 0 Å². The zero-order valence-corrected chi connectivity index (χ0v) is 14.2. The lowest BCUT2D eigenvalue weighted by atomic mass is 10.1. The van der Waals surface area contributed by atoms with Gasteiger partial charge in [0.1, 0.15) is 18.7 Å². The number of hydrogen-bond acceptors (Lipinski definition) is 3. The van der Waals surface area contributed by atoms with Crippen molar-refractivity contribution in [2.45, 2.75) is 33.1 Å². The smallest absolute Gasteiger partial charge is 0.239 e. The fourth-order valence-corrected chi connectivity index (χ4v) is 2.08. The molecule has 1 rings (SSSR count). The van der Waals surface area contributed by atoms with Crippen LogP contribution in [0.15, 0.2) is 24.5 Å². The normalized spacial score (nSPS) is 23.3. The second-order valence-electron chi connectivity index (χ2n) is 5.20. The summed E-state index contributed by atoms with van der Waals surface area (Å²) in [5, 5.41) is 0. The van der Waals surface area contributed by atoms with Gasteiger partial charge in [0.05, 0.1) is 21.2 Å². The quantitative estimate of drug-likeness (QED) is 0.370. The zero-order valence-electron chi connectivity index (χ0n) is 12.0. The summed E-state index contributed by atoms with van der Waals surface area (Å²) < 4.78 is 17.0. The van der Waals surface area contributed by atoms with E-state index in [0.29, 0.717) is 5.92 Å². The van der Waals surface area contributed by atoms with E-state index < -0.39 is 0 Å². The van der Waals surface area contributed by atoms with Gasteiger partial charge in [0.2, 0.25) is 6.23 Å². The summed E-state index contributed by atoms with van der Waals surface area (Å²) in [5.41, 5.74) is 0. The average Bonchev–Trinajstić information content (AvgIpc) is 2.54. The van der Waals surface area contributed by atoms with E-state index in [2.05, 4.69) is 34.1 Å². The van der Waals surface area contributed by atoms with Gasteiger partial charge in [-0.25, -0.2) is 0 Å². The third-order valence-corrected chi connectivity index (χ3v) is 2.82. The van der Waals surface area contributed by atoms with Crippen LogP contribution in [0, 0.1) is 5.92 Å². The molecule has 2 unspecified atom stereocenters. The first-order valence-corrected chi connectivity index (χ1v) is 5.94. The Labute approximate surface area is 127 Å². The Hall–Kier alpha value is -0.430. The first-order chi connectivity index (χ1) is 7.88. The SMILES string of the molecule is COC=COC(C)C1=C[N+](C)(C)C(C(C)C)O1.[I-]. The Morgan fingerprint density at radius 1 is 1.28 bits per heavy atom. The molecule has 1 aliphatic rings. The van der Waals surface area contributed by atoms with E-state index in [9.17, 15) is 0 Å². The summed E-state index contributed by atoms with van der Waals surface area (Å²) in [4.78, 5) is 0. The van der Waals surface area contributed by atoms with Gasteiger partial charge in [-0.15, -0.1) is 0 Å². The molecule has 4 nitrogen and oxygen atoms in total. The Bertz CT molecular complexity index is 313. The second-order valence-corrected chi connectivity index (χ2v) is 5.20. The first kappa shape index (κ1) is 17.6. The van der Waals surface area contributed by atoms with Gasteiger partial charge in [-0.1, -0.05) is 13.8 Å². The number of methoxy groups -OCH3 is 1. The zero-order chi connectivity index (χ0) is 13.1. The third kappa shape index (κ3) is 4.35. The molecule has 0 fully saturated rings. The van der Waals surface area contributed by atoms with Crippen molar-refractivity contribution in [2.24, 2.45) is 5.92 Å². The molecule has 0 aliphatic carbocycles. The van der Waals surface area contributed by atoms with Crippen LogP contribution in [0.1, 0.15) is 20.8 Å². The molecule has 0 spiro atoms. The molecule has 18 heavy (non-hydrogen) atoms. The predicted molar refractivity (Wildman–Crippen MR) is 66.6 cm³/mol. The highest BCUT2D eigenvalue weighted by atomic mass is 127. The summed E-state index contributed by atoms with van der Waals surface area (Å²) in [6, 6.07) is 0. The topological polar surface area (TPSA) is 27.7 Å². The van der Waals surface area contributed by atoms with E-state index >= 15 is 0 Å². The molecule has 0 amide bonds. The molecule has 1 aliphatic heterocycles. The first-order valence-electron chi connectivity index (χ1n) is 5.94. The van der Waals surface area contributed by atoms with E-state index in [-0.39, 0.29) is 36.3 Å². The van der Waals surface area contributed by atoms with Crippen LogP contribution in [-0.2, 0) is 14.2 Å². The van der Waals surface area contributed by atoms with E-state index in [0.717, 1.165) is 10.2 Å². The Balaban J connectivity index is 0.00000289. The number of quaternary nitrogens is 1. The van der Waals surface area contributed by atoms with Crippen LogP contribution in [-0.4, -0.2) is 38.0 Å². The maximum Gasteiger partial charge on any atom is 0.239 e. The fraction of sp³-hybridized carbons (Fsp3) is 0.692. The molecule has 5 heteroatoms. The maximum absolute atomic E-state index is 5.96. The molecule has 106 valence electrons. The minimum absolute atomic E-state index is 0. The summed E-state index contributed by atoms with van der Waals surface area (Å²) in [6.45, 7) is 6.30. The Kier molecular flexibility index (Phi) is 7.06. The highest BCUT2D eigenvalue weighted by Crippen LogP contribution is 2.30. The molecule has 2 atom stereocenters. The molecule has 0 aromatic heterocycles. The lowest BCUT2D eigenvalue weighted by molar-refractivity contribution is -0.882. The van der Waals surface area contributed by atoms with Gasteiger partial charge in [0.15, 0.2) is 11.9 Å². The largest absolute Gasteiger partial charge is 1.00 e. The molecule has 0 aromatic carbocycles. The van der Waals surface area contributed by atoms with Crippen LogP contribution >= 0.6 is 0 Å². The van der Waals surface area contributed by atoms with Crippen molar-refractivity contribution in [1.29, 1.82) is 0 Å². The summed E-state index contributed by atoms with van der Waals surface area (Å²) in [7, 11) is 5.86. The van der Waals surface area contributed by atoms with Crippen molar-refractivity contribution in [1.82, 2.24) is 0 Å². The summed E-state index contributed by atoms with van der Waals surface area (Å²) in [5.74, 6) is 1.34.